The first-order chi connectivity index (χ1) is 13.8. The summed E-state index contributed by atoms with van der Waals surface area (Å²) in [4.78, 5) is 12.8. The molecule has 3 rings (SSSR count). The minimum Gasteiger partial charge on any atom is -0.346 e. The standard InChI is InChI=1S/C22H27ClN2O3S/c1-16-7-9-18(10-8-16)17(2)24-22(26)19-11-12-20(23)21(15-19)29(27,28)25-13-5-3-4-6-14-25/h7-12,15,17H,3-6,13-14H2,1-2H3,(H,24,26)/t17-/m1/s1. The third kappa shape index (κ3) is 5.18. The van der Waals surface area contributed by atoms with Crippen LogP contribution in [-0.4, -0.2) is 31.7 Å². The van der Waals surface area contributed by atoms with Crippen molar-refractivity contribution in [2.45, 2.75) is 50.5 Å². The first kappa shape index (κ1) is 21.8. The lowest BCUT2D eigenvalue weighted by Crippen LogP contribution is -2.32. The maximum atomic E-state index is 13.1. The summed E-state index contributed by atoms with van der Waals surface area (Å²) >= 11 is 6.22. The molecular formula is C22H27ClN2O3S. The molecule has 0 radical (unpaired) electrons. The summed E-state index contributed by atoms with van der Waals surface area (Å²) in [5, 5.41) is 3.07. The molecular weight excluding hydrogens is 408 g/mol. The van der Waals surface area contributed by atoms with Crippen molar-refractivity contribution in [2.75, 3.05) is 13.1 Å². The van der Waals surface area contributed by atoms with Crippen molar-refractivity contribution in [3.05, 3.63) is 64.2 Å². The molecule has 156 valence electrons. The Morgan fingerprint density at radius 1 is 1.03 bits per heavy atom. The summed E-state index contributed by atoms with van der Waals surface area (Å²) in [5.41, 5.74) is 2.41. The topological polar surface area (TPSA) is 66.5 Å². The summed E-state index contributed by atoms with van der Waals surface area (Å²) in [6.45, 7) is 4.87. The minimum atomic E-state index is -3.74. The highest BCUT2D eigenvalue weighted by Gasteiger charge is 2.28. The Morgan fingerprint density at radius 3 is 2.28 bits per heavy atom. The van der Waals surface area contributed by atoms with Crippen LogP contribution < -0.4 is 5.32 Å². The van der Waals surface area contributed by atoms with Gasteiger partial charge in [0.2, 0.25) is 10.0 Å². The van der Waals surface area contributed by atoms with Gasteiger partial charge in [0.15, 0.2) is 0 Å². The number of aryl methyl sites for hydroxylation is 1. The fraction of sp³-hybridized carbons (Fsp3) is 0.409. The van der Waals surface area contributed by atoms with E-state index in [4.69, 9.17) is 11.6 Å². The average molecular weight is 435 g/mol. The summed E-state index contributed by atoms with van der Waals surface area (Å²) in [5.74, 6) is -0.331. The van der Waals surface area contributed by atoms with Crippen molar-refractivity contribution in [3.8, 4) is 0 Å². The largest absolute Gasteiger partial charge is 0.346 e. The van der Waals surface area contributed by atoms with Crippen LogP contribution in [0.4, 0.5) is 0 Å². The number of hydrogen-bond donors (Lipinski definition) is 1. The van der Waals surface area contributed by atoms with Crippen LogP contribution in [0.3, 0.4) is 0 Å². The zero-order chi connectivity index (χ0) is 21.0. The van der Waals surface area contributed by atoms with Gasteiger partial charge in [0.25, 0.3) is 5.91 Å². The van der Waals surface area contributed by atoms with Crippen molar-refractivity contribution in [2.24, 2.45) is 0 Å². The highest BCUT2D eigenvalue weighted by molar-refractivity contribution is 7.89. The van der Waals surface area contributed by atoms with E-state index in [0.717, 1.165) is 36.8 Å². The number of sulfonamides is 1. The molecule has 1 atom stereocenters. The van der Waals surface area contributed by atoms with E-state index >= 15 is 0 Å². The maximum absolute atomic E-state index is 13.1. The molecule has 1 fully saturated rings. The molecule has 7 heteroatoms. The summed E-state index contributed by atoms with van der Waals surface area (Å²) in [6, 6.07) is 12.1. The van der Waals surface area contributed by atoms with Gasteiger partial charge in [-0.1, -0.05) is 54.3 Å². The molecule has 1 aliphatic rings. The SMILES string of the molecule is Cc1ccc([C@@H](C)NC(=O)c2ccc(Cl)c(S(=O)(=O)N3CCCCCC3)c2)cc1. The Labute approximate surface area is 178 Å². The number of carbonyl (C=O) groups is 1. The van der Waals surface area contributed by atoms with Crippen molar-refractivity contribution in [1.82, 2.24) is 9.62 Å². The lowest BCUT2D eigenvalue weighted by Gasteiger charge is -2.21. The minimum absolute atomic E-state index is 0.00305. The maximum Gasteiger partial charge on any atom is 0.251 e. The Kier molecular flexibility index (Phi) is 6.98. The van der Waals surface area contributed by atoms with Crippen molar-refractivity contribution >= 4 is 27.5 Å². The third-order valence-electron chi connectivity index (χ3n) is 5.30. The third-order valence-corrected chi connectivity index (χ3v) is 7.68. The normalized spacial score (nSPS) is 16.8. The first-order valence-electron chi connectivity index (χ1n) is 9.96. The van der Waals surface area contributed by atoms with E-state index < -0.39 is 10.0 Å². The van der Waals surface area contributed by atoms with Crippen LogP contribution in [0.2, 0.25) is 5.02 Å². The van der Waals surface area contributed by atoms with Gasteiger partial charge < -0.3 is 5.32 Å². The molecule has 2 aromatic rings. The van der Waals surface area contributed by atoms with Gasteiger partial charge in [-0.15, -0.1) is 0 Å². The number of amides is 1. The molecule has 5 nitrogen and oxygen atoms in total. The second kappa shape index (κ2) is 9.28. The number of nitrogens with one attached hydrogen (secondary N) is 1. The number of rotatable bonds is 5. The predicted molar refractivity (Wildman–Crippen MR) is 116 cm³/mol. The Bertz CT molecular complexity index is 966. The zero-order valence-electron chi connectivity index (χ0n) is 16.8. The molecule has 0 aliphatic carbocycles. The van der Waals surface area contributed by atoms with E-state index in [1.807, 2.05) is 38.1 Å². The fourth-order valence-corrected chi connectivity index (χ4v) is 5.50. The predicted octanol–water partition coefficient (Wildman–Crippen LogP) is 4.70. The van der Waals surface area contributed by atoms with E-state index in [2.05, 4.69) is 5.32 Å². The summed E-state index contributed by atoms with van der Waals surface area (Å²) in [6.07, 6.45) is 3.73. The molecule has 0 spiro atoms. The van der Waals surface area contributed by atoms with E-state index in [1.165, 1.54) is 16.4 Å². The van der Waals surface area contributed by atoms with E-state index in [-0.39, 0.29) is 27.4 Å². The van der Waals surface area contributed by atoms with E-state index in [0.29, 0.717) is 13.1 Å². The summed E-state index contributed by atoms with van der Waals surface area (Å²) < 4.78 is 27.7. The first-order valence-corrected chi connectivity index (χ1v) is 11.8. The van der Waals surface area contributed by atoms with Crippen LogP contribution in [0.25, 0.3) is 0 Å². The van der Waals surface area contributed by atoms with Crippen molar-refractivity contribution < 1.29 is 13.2 Å². The number of carbonyl (C=O) groups excluding carboxylic acids is 1. The van der Waals surface area contributed by atoms with E-state index in [9.17, 15) is 13.2 Å². The van der Waals surface area contributed by atoms with Gasteiger partial charge in [-0.3, -0.25) is 4.79 Å². The smallest absolute Gasteiger partial charge is 0.251 e. The average Bonchev–Trinajstić information content (AvgIpc) is 2.98. The van der Waals surface area contributed by atoms with Crippen LogP contribution in [-0.2, 0) is 10.0 Å². The van der Waals surface area contributed by atoms with Gasteiger partial charge in [-0.25, -0.2) is 8.42 Å². The second-order valence-corrected chi connectivity index (χ2v) is 9.88. The fourth-order valence-electron chi connectivity index (χ4n) is 3.48. The molecule has 0 saturated carbocycles. The molecule has 1 aliphatic heterocycles. The lowest BCUT2D eigenvalue weighted by atomic mass is 10.1. The molecule has 1 N–H and O–H groups in total. The molecule has 0 aromatic heterocycles. The van der Waals surface area contributed by atoms with Crippen LogP contribution >= 0.6 is 11.6 Å². The van der Waals surface area contributed by atoms with Crippen LogP contribution in [0.1, 0.15) is 60.1 Å². The molecule has 1 amide bonds. The lowest BCUT2D eigenvalue weighted by molar-refractivity contribution is 0.0939. The number of benzene rings is 2. The van der Waals surface area contributed by atoms with Crippen LogP contribution in [0, 0.1) is 6.92 Å². The molecule has 29 heavy (non-hydrogen) atoms. The number of nitrogens with zero attached hydrogens (tertiary/aromatic N) is 1. The molecule has 0 unspecified atom stereocenters. The molecule has 1 heterocycles. The van der Waals surface area contributed by atoms with Gasteiger partial charge >= 0.3 is 0 Å². The van der Waals surface area contributed by atoms with Crippen LogP contribution in [0.5, 0.6) is 0 Å². The van der Waals surface area contributed by atoms with Gasteiger partial charge in [-0.2, -0.15) is 4.31 Å². The number of halogens is 1. The molecule has 0 bridgehead atoms. The summed E-state index contributed by atoms with van der Waals surface area (Å²) in [7, 11) is -3.74. The monoisotopic (exact) mass is 434 g/mol. The van der Waals surface area contributed by atoms with Gasteiger partial charge in [0, 0.05) is 18.7 Å². The van der Waals surface area contributed by atoms with Crippen molar-refractivity contribution in [1.29, 1.82) is 0 Å². The van der Waals surface area contributed by atoms with Crippen molar-refractivity contribution in [3.63, 3.8) is 0 Å². The molecule has 1 saturated heterocycles. The van der Waals surface area contributed by atoms with Gasteiger partial charge in [0.05, 0.1) is 11.1 Å². The number of hydrogen-bond acceptors (Lipinski definition) is 3. The Balaban J connectivity index is 1.82. The van der Waals surface area contributed by atoms with Gasteiger partial charge in [-0.05, 0) is 50.5 Å². The zero-order valence-corrected chi connectivity index (χ0v) is 18.4. The highest BCUT2D eigenvalue weighted by Crippen LogP contribution is 2.28. The van der Waals surface area contributed by atoms with E-state index in [1.54, 1.807) is 6.07 Å². The highest BCUT2D eigenvalue weighted by atomic mass is 35.5. The Morgan fingerprint density at radius 2 is 1.66 bits per heavy atom. The quantitative estimate of drug-likeness (QED) is 0.741. The molecule has 2 aromatic carbocycles. The Hall–Kier alpha value is -1.89. The second-order valence-electron chi connectivity index (χ2n) is 7.57. The van der Waals surface area contributed by atoms with Gasteiger partial charge in [0.1, 0.15) is 4.90 Å². The van der Waals surface area contributed by atoms with Crippen LogP contribution in [0.15, 0.2) is 47.4 Å².